The van der Waals surface area contributed by atoms with E-state index in [1.807, 2.05) is 5.06 Å². The molecule has 0 amide bonds. The number of piperidine rings is 1. The van der Waals surface area contributed by atoms with Crippen molar-refractivity contribution in [1.82, 2.24) is 5.06 Å². The van der Waals surface area contributed by atoms with Crippen LogP contribution < -0.4 is 0 Å². The van der Waals surface area contributed by atoms with Crippen LogP contribution in [-0.2, 0) is 9.57 Å². The van der Waals surface area contributed by atoms with Gasteiger partial charge in [0.1, 0.15) is 0 Å². The van der Waals surface area contributed by atoms with Gasteiger partial charge in [0.25, 0.3) is 0 Å². The van der Waals surface area contributed by atoms with E-state index in [4.69, 9.17) is 9.57 Å². The van der Waals surface area contributed by atoms with Gasteiger partial charge in [-0.25, -0.2) is 4.79 Å². The highest BCUT2D eigenvalue weighted by Gasteiger charge is 2.44. The number of rotatable bonds is 4. The summed E-state index contributed by atoms with van der Waals surface area (Å²) >= 11 is 0. The molecular formula is C14H27NO3. The van der Waals surface area contributed by atoms with E-state index in [0.717, 1.165) is 32.1 Å². The molecule has 0 bridgehead atoms. The molecule has 1 heterocycles. The van der Waals surface area contributed by atoms with Gasteiger partial charge in [-0.1, -0.05) is 13.3 Å². The Labute approximate surface area is 111 Å². The molecule has 1 saturated heterocycles. The molecule has 0 N–H and O–H groups in total. The van der Waals surface area contributed by atoms with Crippen molar-refractivity contribution in [3.8, 4) is 0 Å². The molecule has 0 saturated carbocycles. The fourth-order valence-electron chi connectivity index (χ4n) is 2.62. The van der Waals surface area contributed by atoms with Crippen LogP contribution in [0.15, 0.2) is 0 Å². The van der Waals surface area contributed by atoms with Crippen molar-refractivity contribution in [1.29, 1.82) is 0 Å². The molecule has 1 rings (SSSR count). The van der Waals surface area contributed by atoms with Gasteiger partial charge in [0.05, 0.1) is 17.7 Å². The molecular weight excluding hydrogens is 230 g/mol. The predicted octanol–water partition coefficient (Wildman–Crippen LogP) is 3.90. The van der Waals surface area contributed by atoms with Crippen LogP contribution in [0, 0.1) is 0 Å². The molecule has 1 aliphatic rings. The van der Waals surface area contributed by atoms with Crippen LogP contribution in [0.4, 0.5) is 4.79 Å². The van der Waals surface area contributed by atoms with Crippen molar-refractivity contribution in [3.63, 3.8) is 0 Å². The third-order valence-corrected chi connectivity index (χ3v) is 3.56. The van der Waals surface area contributed by atoms with Crippen molar-refractivity contribution < 1.29 is 14.4 Å². The van der Waals surface area contributed by atoms with Gasteiger partial charge in [-0.2, -0.15) is 0 Å². The summed E-state index contributed by atoms with van der Waals surface area (Å²) in [5.41, 5.74) is -0.267. The Morgan fingerprint density at radius 1 is 1.17 bits per heavy atom. The lowest BCUT2D eigenvalue weighted by Gasteiger charge is -2.49. The Balaban J connectivity index is 2.58. The lowest BCUT2D eigenvalue weighted by Crippen LogP contribution is -2.58. The number of hydroxylamine groups is 2. The molecule has 0 aliphatic carbocycles. The quantitative estimate of drug-likeness (QED) is 0.565. The zero-order valence-electron chi connectivity index (χ0n) is 12.4. The van der Waals surface area contributed by atoms with Crippen LogP contribution in [-0.4, -0.2) is 28.9 Å². The maximum absolute atomic E-state index is 11.7. The smallest absolute Gasteiger partial charge is 0.433 e. The van der Waals surface area contributed by atoms with E-state index >= 15 is 0 Å². The van der Waals surface area contributed by atoms with E-state index in [1.165, 1.54) is 0 Å². The standard InChI is InChI=1S/C14H27NO3/c1-6-7-11-17-12(16)18-15-13(2,3)9-8-10-14(15,4)5/h6-11H2,1-5H3. The van der Waals surface area contributed by atoms with Crippen molar-refractivity contribution >= 4 is 6.16 Å². The van der Waals surface area contributed by atoms with Gasteiger partial charge in [0.15, 0.2) is 0 Å². The van der Waals surface area contributed by atoms with Crippen molar-refractivity contribution in [2.24, 2.45) is 0 Å². The molecule has 0 unspecified atom stereocenters. The number of hydrogen-bond donors (Lipinski definition) is 0. The first-order chi connectivity index (χ1) is 8.29. The van der Waals surface area contributed by atoms with E-state index in [1.54, 1.807) is 0 Å². The average Bonchev–Trinajstić information content (AvgIpc) is 2.23. The number of nitrogens with zero attached hydrogens (tertiary/aromatic N) is 1. The Morgan fingerprint density at radius 2 is 1.72 bits per heavy atom. The number of carbonyl (C=O) groups is 1. The molecule has 4 heteroatoms. The minimum absolute atomic E-state index is 0.133. The van der Waals surface area contributed by atoms with Crippen LogP contribution in [0.2, 0.25) is 0 Å². The molecule has 0 atom stereocenters. The Bertz CT molecular complexity index is 271. The summed E-state index contributed by atoms with van der Waals surface area (Å²) < 4.78 is 5.07. The highest BCUT2D eigenvalue weighted by atomic mass is 16.8. The zero-order chi connectivity index (χ0) is 13.8. The van der Waals surface area contributed by atoms with E-state index in [9.17, 15) is 4.79 Å². The summed E-state index contributed by atoms with van der Waals surface area (Å²) in [5, 5.41) is 1.82. The van der Waals surface area contributed by atoms with Crippen LogP contribution in [0.5, 0.6) is 0 Å². The second kappa shape index (κ2) is 5.91. The van der Waals surface area contributed by atoms with E-state index in [2.05, 4.69) is 34.6 Å². The first-order valence-electron chi connectivity index (χ1n) is 6.95. The molecule has 4 nitrogen and oxygen atoms in total. The third kappa shape index (κ3) is 3.87. The van der Waals surface area contributed by atoms with Crippen LogP contribution in [0.1, 0.15) is 66.7 Å². The molecule has 0 aromatic rings. The predicted molar refractivity (Wildman–Crippen MR) is 71.2 cm³/mol. The Kier molecular flexibility index (Phi) is 5.02. The Hall–Kier alpha value is -0.770. The van der Waals surface area contributed by atoms with Crippen LogP contribution >= 0.6 is 0 Å². The molecule has 18 heavy (non-hydrogen) atoms. The fourth-order valence-corrected chi connectivity index (χ4v) is 2.62. The van der Waals surface area contributed by atoms with E-state index < -0.39 is 6.16 Å². The van der Waals surface area contributed by atoms with Crippen molar-refractivity contribution in [2.75, 3.05) is 6.61 Å². The first-order valence-corrected chi connectivity index (χ1v) is 6.95. The van der Waals surface area contributed by atoms with Gasteiger partial charge < -0.3 is 9.57 Å². The summed E-state index contributed by atoms with van der Waals surface area (Å²) in [6, 6.07) is 0. The molecule has 0 aromatic carbocycles. The minimum Gasteiger partial charge on any atom is -0.433 e. The maximum Gasteiger partial charge on any atom is 0.527 e. The van der Waals surface area contributed by atoms with Gasteiger partial charge in [0, 0.05) is 0 Å². The molecule has 0 aromatic heterocycles. The fraction of sp³-hybridized carbons (Fsp3) is 0.929. The molecule has 0 radical (unpaired) electrons. The SMILES string of the molecule is CCCCOC(=O)ON1C(C)(C)CCCC1(C)C. The number of carbonyl (C=O) groups excluding carboxylic acids is 1. The third-order valence-electron chi connectivity index (χ3n) is 3.56. The second-order valence-electron chi connectivity index (χ2n) is 6.32. The number of hydrogen-bond acceptors (Lipinski definition) is 4. The number of ether oxygens (including phenoxy) is 1. The summed E-state index contributed by atoms with van der Waals surface area (Å²) in [5.74, 6) is 0. The molecule has 106 valence electrons. The zero-order valence-corrected chi connectivity index (χ0v) is 12.4. The number of unbranched alkanes of at least 4 members (excludes halogenated alkanes) is 1. The first kappa shape index (κ1) is 15.3. The molecule has 1 fully saturated rings. The highest BCUT2D eigenvalue weighted by molar-refractivity contribution is 5.59. The maximum atomic E-state index is 11.7. The van der Waals surface area contributed by atoms with E-state index in [0.29, 0.717) is 6.61 Å². The largest absolute Gasteiger partial charge is 0.527 e. The Morgan fingerprint density at radius 3 is 2.22 bits per heavy atom. The molecule has 0 spiro atoms. The lowest BCUT2D eigenvalue weighted by molar-refractivity contribution is -0.251. The van der Waals surface area contributed by atoms with Gasteiger partial charge in [-0.3, -0.25) is 0 Å². The summed E-state index contributed by atoms with van der Waals surface area (Å²) in [6.07, 6.45) is 4.52. The normalized spacial score (nSPS) is 22.5. The van der Waals surface area contributed by atoms with Gasteiger partial charge >= 0.3 is 6.16 Å². The second-order valence-corrected chi connectivity index (χ2v) is 6.32. The van der Waals surface area contributed by atoms with Crippen LogP contribution in [0.3, 0.4) is 0 Å². The average molecular weight is 257 g/mol. The summed E-state index contributed by atoms with van der Waals surface area (Å²) in [4.78, 5) is 17.1. The van der Waals surface area contributed by atoms with Gasteiger partial charge in [0.2, 0.25) is 0 Å². The monoisotopic (exact) mass is 257 g/mol. The topological polar surface area (TPSA) is 38.8 Å². The highest BCUT2D eigenvalue weighted by Crippen LogP contribution is 2.38. The minimum atomic E-state index is -0.577. The van der Waals surface area contributed by atoms with Crippen molar-refractivity contribution in [3.05, 3.63) is 0 Å². The lowest BCUT2D eigenvalue weighted by atomic mass is 9.82. The van der Waals surface area contributed by atoms with Crippen LogP contribution in [0.25, 0.3) is 0 Å². The van der Waals surface area contributed by atoms with Gasteiger partial charge in [-0.05, 0) is 53.4 Å². The summed E-state index contributed by atoms with van der Waals surface area (Å²) in [6.45, 7) is 10.9. The summed E-state index contributed by atoms with van der Waals surface area (Å²) in [7, 11) is 0. The van der Waals surface area contributed by atoms with Gasteiger partial charge in [-0.15, -0.1) is 5.06 Å². The van der Waals surface area contributed by atoms with Crippen molar-refractivity contribution in [2.45, 2.75) is 77.8 Å². The molecule has 1 aliphatic heterocycles. The van der Waals surface area contributed by atoms with E-state index in [-0.39, 0.29) is 11.1 Å².